The molecule has 2 aliphatic rings. The van der Waals surface area contributed by atoms with E-state index in [4.69, 9.17) is 0 Å². The van der Waals surface area contributed by atoms with Gasteiger partial charge in [-0.05, 0) is 69.3 Å². The van der Waals surface area contributed by atoms with Crippen LogP contribution in [0.15, 0.2) is 41.4 Å². The third kappa shape index (κ3) is 5.82. The molecule has 0 bridgehead atoms. The third-order valence-electron chi connectivity index (χ3n) is 7.03. The summed E-state index contributed by atoms with van der Waals surface area (Å²) in [5.74, 6) is -1.36. The zero-order valence-corrected chi connectivity index (χ0v) is 21.9. The van der Waals surface area contributed by atoms with Crippen molar-refractivity contribution in [3.05, 3.63) is 51.7 Å². The lowest BCUT2D eigenvalue weighted by Crippen LogP contribution is -2.45. The number of ketones is 1. The van der Waals surface area contributed by atoms with Crippen LogP contribution in [0.4, 0.5) is 5.69 Å². The average molecular weight is 540 g/mol. The van der Waals surface area contributed by atoms with Gasteiger partial charge in [0.2, 0.25) is 0 Å². The van der Waals surface area contributed by atoms with Gasteiger partial charge in [0, 0.05) is 22.2 Å². The molecule has 10 heteroatoms. The molecule has 1 fully saturated rings. The number of hydrogen-bond acceptors (Lipinski definition) is 8. The van der Waals surface area contributed by atoms with E-state index in [2.05, 4.69) is 21.7 Å². The number of nitrogens with zero attached hydrogens (tertiary/aromatic N) is 1. The molecule has 2 aromatic heterocycles. The van der Waals surface area contributed by atoms with Gasteiger partial charge in [0.1, 0.15) is 17.9 Å². The van der Waals surface area contributed by atoms with E-state index in [1.807, 2.05) is 6.07 Å². The van der Waals surface area contributed by atoms with E-state index < -0.39 is 24.0 Å². The number of amides is 1. The molecular formula is C27H29N3O5S2. The normalized spacial score (nSPS) is 18.4. The van der Waals surface area contributed by atoms with E-state index in [1.54, 1.807) is 35.6 Å². The molecule has 2 aliphatic heterocycles. The predicted molar refractivity (Wildman–Crippen MR) is 145 cm³/mol. The summed E-state index contributed by atoms with van der Waals surface area (Å²) in [7, 11) is 0. The molecule has 3 aromatic rings. The molecule has 1 aromatic carbocycles. The summed E-state index contributed by atoms with van der Waals surface area (Å²) in [6.07, 6.45) is 3.45. The SMILES string of the molecule is O=C(NC(CCC(=O)c1cc2cc(CCC3CCNCC3)sc2s1)C(=O)O)C1=Nc2ccccc2C1O. The summed E-state index contributed by atoms with van der Waals surface area (Å²) in [4.78, 5) is 43.4. The molecule has 1 amide bonds. The smallest absolute Gasteiger partial charge is 0.326 e. The van der Waals surface area contributed by atoms with E-state index in [1.165, 1.54) is 35.5 Å². The van der Waals surface area contributed by atoms with Crippen molar-refractivity contribution >= 4 is 61.1 Å². The van der Waals surface area contributed by atoms with Crippen molar-refractivity contribution in [1.29, 1.82) is 0 Å². The van der Waals surface area contributed by atoms with Crippen LogP contribution >= 0.6 is 22.7 Å². The average Bonchev–Trinajstić information content (AvgIpc) is 3.57. The molecule has 8 nitrogen and oxygen atoms in total. The number of carbonyl (C=O) groups excluding carboxylic acids is 2. The number of fused-ring (bicyclic) bond motifs is 2. The highest BCUT2D eigenvalue weighted by Gasteiger charge is 2.32. The molecule has 2 unspecified atom stereocenters. The third-order valence-corrected chi connectivity index (χ3v) is 9.52. The summed E-state index contributed by atoms with van der Waals surface area (Å²) in [5, 5.41) is 26.9. The van der Waals surface area contributed by atoms with Crippen molar-refractivity contribution in [1.82, 2.24) is 10.6 Å². The Hall–Kier alpha value is -2.92. The minimum Gasteiger partial charge on any atom is -0.480 e. The van der Waals surface area contributed by atoms with Crippen molar-refractivity contribution in [2.75, 3.05) is 13.1 Å². The number of aliphatic carboxylic acids is 1. The molecule has 1 saturated heterocycles. The summed E-state index contributed by atoms with van der Waals surface area (Å²) < 4.78 is 1.11. The van der Waals surface area contributed by atoms with E-state index in [9.17, 15) is 24.6 Å². The van der Waals surface area contributed by atoms with E-state index in [-0.39, 0.29) is 24.3 Å². The van der Waals surface area contributed by atoms with Gasteiger partial charge in [0.15, 0.2) is 5.78 Å². The zero-order valence-electron chi connectivity index (χ0n) is 20.2. The van der Waals surface area contributed by atoms with Gasteiger partial charge in [-0.2, -0.15) is 0 Å². The van der Waals surface area contributed by atoms with Crippen LogP contribution in [0.25, 0.3) is 9.40 Å². The summed E-state index contributed by atoms with van der Waals surface area (Å²) >= 11 is 3.18. The van der Waals surface area contributed by atoms with Crippen molar-refractivity contribution in [2.24, 2.45) is 10.9 Å². The standard InChI is InChI=1S/C27H29N3O5S2/c31-21(22-14-16-13-17(36-27(16)37-22)6-5-15-9-11-28-12-10-15)8-7-20(26(34)35)30-25(33)23-24(32)18-3-1-2-4-19(18)29-23/h1-4,13-15,20,24,28,32H,5-12H2,(H,30,33)(H,34,35). The van der Waals surface area contributed by atoms with Crippen LogP contribution in [-0.4, -0.2) is 52.7 Å². The Morgan fingerprint density at radius 2 is 1.92 bits per heavy atom. The second-order valence-corrected chi connectivity index (χ2v) is 12.0. The minimum atomic E-state index is -1.27. The minimum absolute atomic E-state index is 0.0111. The number of carbonyl (C=O) groups is 3. The van der Waals surface area contributed by atoms with Crippen LogP contribution in [0.3, 0.4) is 0 Å². The fourth-order valence-corrected chi connectivity index (χ4v) is 7.36. The summed E-state index contributed by atoms with van der Waals surface area (Å²) in [6, 6.07) is 9.61. The highest BCUT2D eigenvalue weighted by atomic mass is 32.2. The van der Waals surface area contributed by atoms with E-state index >= 15 is 0 Å². The number of benzene rings is 1. The molecule has 0 spiro atoms. The lowest BCUT2D eigenvalue weighted by Gasteiger charge is -2.22. The largest absolute Gasteiger partial charge is 0.480 e. The van der Waals surface area contributed by atoms with Gasteiger partial charge < -0.3 is 20.8 Å². The lowest BCUT2D eigenvalue weighted by molar-refractivity contribution is -0.141. The number of aliphatic imine (C=N–C) groups is 1. The Balaban J connectivity index is 1.16. The van der Waals surface area contributed by atoms with Gasteiger partial charge in [0.25, 0.3) is 5.91 Å². The zero-order chi connectivity index (χ0) is 25.9. The fourth-order valence-electron chi connectivity index (χ4n) is 4.89. The van der Waals surface area contributed by atoms with Gasteiger partial charge in [-0.1, -0.05) is 18.2 Å². The molecule has 4 heterocycles. The Morgan fingerprint density at radius 3 is 2.65 bits per heavy atom. The number of para-hydroxylation sites is 1. The Bertz CT molecular complexity index is 1320. The number of Topliss-reactive ketones (excluding diaryl/α,β-unsaturated/α-hetero) is 1. The van der Waals surface area contributed by atoms with Crippen molar-refractivity contribution in [2.45, 2.75) is 50.7 Å². The number of thiophene rings is 2. The highest BCUT2D eigenvalue weighted by Crippen LogP contribution is 2.36. The Kier molecular flexibility index (Phi) is 7.80. The molecule has 0 aliphatic carbocycles. The number of nitrogens with one attached hydrogen (secondary N) is 2. The molecule has 2 atom stereocenters. The molecule has 0 saturated carbocycles. The monoisotopic (exact) mass is 539 g/mol. The maximum absolute atomic E-state index is 12.8. The Labute approximate surface area is 222 Å². The number of carboxylic acids is 1. The van der Waals surface area contributed by atoms with Gasteiger partial charge in [-0.15, -0.1) is 22.7 Å². The second kappa shape index (κ2) is 11.2. The quantitative estimate of drug-likeness (QED) is 0.285. The topological polar surface area (TPSA) is 128 Å². The van der Waals surface area contributed by atoms with Crippen LogP contribution < -0.4 is 10.6 Å². The van der Waals surface area contributed by atoms with Gasteiger partial charge in [-0.25, -0.2) is 9.79 Å². The van der Waals surface area contributed by atoms with Crippen LogP contribution in [-0.2, 0) is 16.0 Å². The number of aryl methyl sites for hydroxylation is 1. The van der Waals surface area contributed by atoms with Gasteiger partial charge >= 0.3 is 5.97 Å². The number of rotatable bonds is 10. The predicted octanol–water partition coefficient (Wildman–Crippen LogP) is 4.25. The molecular weight excluding hydrogens is 510 g/mol. The first-order chi connectivity index (χ1) is 17.9. The van der Waals surface area contributed by atoms with Gasteiger partial charge in [-0.3, -0.25) is 9.59 Å². The summed E-state index contributed by atoms with van der Waals surface area (Å²) in [6.45, 7) is 2.21. The first-order valence-corrected chi connectivity index (χ1v) is 14.2. The number of carboxylic acid groups (broad SMARTS) is 1. The van der Waals surface area contributed by atoms with Crippen LogP contribution in [0.2, 0.25) is 0 Å². The van der Waals surface area contributed by atoms with Crippen LogP contribution in [0.1, 0.15) is 58.3 Å². The fraction of sp³-hybridized carbons (Fsp3) is 0.407. The highest BCUT2D eigenvalue weighted by molar-refractivity contribution is 7.39. The van der Waals surface area contributed by atoms with Crippen LogP contribution in [0, 0.1) is 5.92 Å². The lowest BCUT2D eigenvalue weighted by atomic mass is 9.93. The molecule has 5 rings (SSSR count). The first kappa shape index (κ1) is 25.7. The Morgan fingerprint density at radius 1 is 1.14 bits per heavy atom. The maximum atomic E-state index is 12.8. The number of hydrogen-bond donors (Lipinski definition) is 4. The van der Waals surface area contributed by atoms with E-state index in [0.717, 1.165) is 34.8 Å². The van der Waals surface area contributed by atoms with Crippen molar-refractivity contribution in [3.8, 4) is 0 Å². The summed E-state index contributed by atoms with van der Waals surface area (Å²) in [5.41, 5.74) is 0.837. The van der Waals surface area contributed by atoms with Crippen LogP contribution in [0.5, 0.6) is 0 Å². The number of piperidine rings is 1. The molecule has 4 N–H and O–H groups in total. The molecule has 37 heavy (non-hydrogen) atoms. The molecule has 194 valence electrons. The number of aliphatic hydroxyl groups is 1. The first-order valence-electron chi connectivity index (χ1n) is 12.5. The van der Waals surface area contributed by atoms with Gasteiger partial charge in [0.05, 0.1) is 14.6 Å². The van der Waals surface area contributed by atoms with E-state index in [0.29, 0.717) is 16.1 Å². The molecule has 0 radical (unpaired) electrons. The van der Waals surface area contributed by atoms with Crippen molar-refractivity contribution < 1.29 is 24.6 Å². The van der Waals surface area contributed by atoms with Crippen molar-refractivity contribution in [3.63, 3.8) is 0 Å². The maximum Gasteiger partial charge on any atom is 0.326 e. The second-order valence-electron chi connectivity index (χ2n) is 9.58. The number of aliphatic hydroxyl groups excluding tert-OH is 1.